The third-order valence-electron chi connectivity index (χ3n) is 5.97. The predicted octanol–water partition coefficient (Wildman–Crippen LogP) is 4.30. The molecule has 120 valence electrons. The number of piperazine rings is 1. The van der Waals surface area contributed by atoms with E-state index in [1.165, 1.54) is 32.2 Å². The van der Waals surface area contributed by atoms with Gasteiger partial charge in [0.05, 0.1) is 0 Å². The van der Waals surface area contributed by atoms with Crippen LogP contribution in [0.15, 0.2) is 0 Å². The summed E-state index contributed by atoms with van der Waals surface area (Å²) in [7, 11) is 0. The van der Waals surface area contributed by atoms with Crippen molar-refractivity contribution in [3.63, 3.8) is 0 Å². The second-order valence-corrected chi connectivity index (χ2v) is 7.17. The summed E-state index contributed by atoms with van der Waals surface area (Å²) in [5, 5.41) is 3.88. The first-order chi connectivity index (χ1) is 9.44. The van der Waals surface area contributed by atoms with Gasteiger partial charge in [-0.3, -0.25) is 4.90 Å². The summed E-state index contributed by atoms with van der Waals surface area (Å²) >= 11 is 0. The summed E-state index contributed by atoms with van der Waals surface area (Å²) in [5.74, 6) is 1.56. The lowest BCUT2D eigenvalue weighted by atomic mass is 9.83. The van der Waals surface area contributed by atoms with E-state index < -0.39 is 0 Å². The van der Waals surface area contributed by atoms with Crippen molar-refractivity contribution in [1.29, 1.82) is 0 Å². The standard InChI is InChI=1S/C18H38N2/c1-8-16(9-2)15(7)20-13-18(10-3,11-4)19-12-17(20)14(5)6/h14-17,19H,8-13H2,1-7H3. The van der Waals surface area contributed by atoms with Crippen molar-refractivity contribution in [2.45, 2.75) is 91.8 Å². The van der Waals surface area contributed by atoms with Crippen LogP contribution in [0.3, 0.4) is 0 Å². The van der Waals surface area contributed by atoms with E-state index in [4.69, 9.17) is 0 Å². The molecule has 0 saturated carbocycles. The quantitative estimate of drug-likeness (QED) is 0.749. The first-order valence-corrected chi connectivity index (χ1v) is 8.95. The summed E-state index contributed by atoms with van der Waals surface area (Å²) in [6, 6.07) is 1.40. The zero-order chi connectivity index (χ0) is 15.3. The van der Waals surface area contributed by atoms with E-state index in [0.717, 1.165) is 18.4 Å². The van der Waals surface area contributed by atoms with Crippen LogP contribution in [-0.2, 0) is 0 Å². The van der Waals surface area contributed by atoms with Crippen molar-refractivity contribution in [3.8, 4) is 0 Å². The van der Waals surface area contributed by atoms with Crippen molar-refractivity contribution in [3.05, 3.63) is 0 Å². The second-order valence-electron chi connectivity index (χ2n) is 7.17. The fourth-order valence-corrected chi connectivity index (χ4v) is 3.99. The van der Waals surface area contributed by atoms with Crippen LogP contribution in [0.4, 0.5) is 0 Å². The Hall–Kier alpha value is -0.0800. The zero-order valence-electron chi connectivity index (χ0n) is 15.0. The van der Waals surface area contributed by atoms with Crippen LogP contribution in [0.5, 0.6) is 0 Å². The van der Waals surface area contributed by atoms with Crippen LogP contribution in [0.1, 0.15) is 74.1 Å². The van der Waals surface area contributed by atoms with Gasteiger partial charge in [0.25, 0.3) is 0 Å². The van der Waals surface area contributed by atoms with Gasteiger partial charge in [0.2, 0.25) is 0 Å². The van der Waals surface area contributed by atoms with Crippen molar-refractivity contribution >= 4 is 0 Å². The van der Waals surface area contributed by atoms with Crippen LogP contribution in [0, 0.1) is 11.8 Å². The number of rotatable bonds is 7. The maximum Gasteiger partial charge on any atom is 0.0304 e. The molecule has 1 heterocycles. The summed E-state index contributed by atoms with van der Waals surface area (Å²) in [5.41, 5.74) is 0.339. The van der Waals surface area contributed by atoms with Gasteiger partial charge in [0.1, 0.15) is 0 Å². The van der Waals surface area contributed by atoms with Crippen LogP contribution < -0.4 is 5.32 Å². The molecule has 0 amide bonds. The molecule has 0 aromatic carbocycles. The molecular weight excluding hydrogens is 244 g/mol. The van der Waals surface area contributed by atoms with E-state index in [-0.39, 0.29) is 0 Å². The van der Waals surface area contributed by atoms with Gasteiger partial charge in [-0.15, -0.1) is 0 Å². The van der Waals surface area contributed by atoms with E-state index in [0.29, 0.717) is 17.6 Å². The molecule has 1 aliphatic heterocycles. The number of nitrogens with one attached hydrogen (secondary N) is 1. The normalized spacial score (nSPS) is 25.4. The molecular formula is C18H38N2. The molecule has 1 aliphatic rings. The first kappa shape index (κ1) is 18.0. The van der Waals surface area contributed by atoms with Gasteiger partial charge in [-0.25, -0.2) is 0 Å². The average Bonchev–Trinajstić information content (AvgIpc) is 2.47. The molecule has 0 aliphatic carbocycles. The lowest BCUT2D eigenvalue weighted by Gasteiger charge is -2.52. The van der Waals surface area contributed by atoms with Crippen molar-refractivity contribution in [1.82, 2.24) is 10.2 Å². The lowest BCUT2D eigenvalue weighted by Crippen LogP contribution is -2.67. The highest BCUT2D eigenvalue weighted by atomic mass is 15.3. The summed E-state index contributed by atoms with van der Waals surface area (Å²) < 4.78 is 0. The van der Waals surface area contributed by atoms with E-state index in [1.807, 2.05) is 0 Å². The van der Waals surface area contributed by atoms with Gasteiger partial charge in [0.15, 0.2) is 0 Å². The van der Waals surface area contributed by atoms with Crippen LogP contribution in [-0.4, -0.2) is 35.6 Å². The molecule has 1 fully saturated rings. The molecule has 2 nitrogen and oxygen atoms in total. The summed E-state index contributed by atoms with van der Waals surface area (Å²) in [4.78, 5) is 2.84. The molecule has 0 radical (unpaired) electrons. The Morgan fingerprint density at radius 1 is 1.05 bits per heavy atom. The third kappa shape index (κ3) is 3.76. The smallest absolute Gasteiger partial charge is 0.0304 e. The van der Waals surface area contributed by atoms with Gasteiger partial charge in [-0.1, -0.05) is 54.4 Å². The van der Waals surface area contributed by atoms with Gasteiger partial charge >= 0.3 is 0 Å². The maximum absolute atomic E-state index is 3.88. The minimum atomic E-state index is 0.339. The Balaban J connectivity index is 2.93. The molecule has 20 heavy (non-hydrogen) atoms. The third-order valence-corrected chi connectivity index (χ3v) is 5.97. The molecule has 0 bridgehead atoms. The first-order valence-electron chi connectivity index (χ1n) is 8.95. The van der Waals surface area contributed by atoms with Crippen LogP contribution in [0.2, 0.25) is 0 Å². The molecule has 2 heteroatoms. The Labute approximate surface area is 127 Å². The van der Waals surface area contributed by atoms with Gasteiger partial charge in [0, 0.05) is 30.7 Å². The van der Waals surface area contributed by atoms with E-state index in [2.05, 4.69) is 58.7 Å². The molecule has 0 aromatic rings. The van der Waals surface area contributed by atoms with Crippen LogP contribution in [0.25, 0.3) is 0 Å². The van der Waals surface area contributed by atoms with E-state index >= 15 is 0 Å². The summed E-state index contributed by atoms with van der Waals surface area (Å²) in [6.45, 7) is 19.0. The maximum atomic E-state index is 3.88. The molecule has 0 aromatic heterocycles. The highest BCUT2D eigenvalue weighted by Crippen LogP contribution is 2.30. The monoisotopic (exact) mass is 282 g/mol. The Morgan fingerprint density at radius 3 is 2.00 bits per heavy atom. The van der Waals surface area contributed by atoms with E-state index in [9.17, 15) is 0 Å². The second kappa shape index (κ2) is 7.79. The summed E-state index contributed by atoms with van der Waals surface area (Å²) in [6.07, 6.45) is 5.08. The minimum absolute atomic E-state index is 0.339. The fourth-order valence-electron chi connectivity index (χ4n) is 3.99. The molecule has 2 unspecified atom stereocenters. The molecule has 1 rings (SSSR count). The largest absolute Gasteiger partial charge is 0.308 e. The Bertz CT molecular complexity index is 267. The van der Waals surface area contributed by atoms with E-state index in [1.54, 1.807) is 0 Å². The van der Waals surface area contributed by atoms with Crippen molar-refractivity contribution < 1.29 is 0 Å². The zero-order valence-corrected chi connectivity index (χ0v) is 15.0. The fraction of sp³-hybridized carbons (Fsp3) is 1.00. The Morgan fingerprint density at radius 2 is 1.60 bits per heavy atom. The highest BCUT2D eigenvalue weighted by molar-refractivity contribution is 4.99. The Kier molecular flexibility index (Phi) is 7.00. The van der Waals surface area contributed by atoms with Gasteiger partial charge in [-0.2, -0.15) is 0 Å². The van der Waals surface area contributed by atoms with Crippen molar-refractivity contribution in [2.75, 3.05) is 13.1 Å². The highest BCUT2D eigenvalue weighted by Gasteiger charge is 2.40. The molecule has 2 atom stereocenters. The van der Waals surface area contributed by atoms with Crippen molar-refractivity contribution in [2.24, 2.45) is 11.8 Å². The lowest BCUT2D eigenvalue weighted by molar-refractivity contribution is 0.00167. The predicted molar refractivity (Wildman–Crippen MR) is 90.2 cm³/mol. The molecule has 0 spiro atoms. The number of hydrogen-bond acceptors (Lipinski definition) is 2. The van der Waals surface area contributed by atoms with Crippen LogP contribution >= 0.6 is 0 Å². The SMILES string of the molecule is CCC(CC)C(C)N1CC(CC)(CC)NCC1C(C)C. The number of hydrogen-bond donors (Lipinski definition) is 1. The van der Waals surface area contributed by atoms with Gasteiger partial charge < -0.3 is 5.32 Å². The average molecular weight is 283 g/mol. The minimum Gasteiger partial charge on any atom is -0.308 e. The van der Waals surface area contributed by atoms with Gasteiger partial charge in [-0.05, 0) is 31.6 Å². The molecule has 1 N–H and O–H groups in total. The molecule has 1 saturated heterocycles. The number of nitrogens with zero attached hydrogens (tertiary/aromatic N) is 1. The topological polar surface area (TPSA) is 15.3 Å².